The Bertz CT molecular complexity index is 289. The van der Waals surface area contributed by atoms with E-state index in [1.165, 1.54) is 0 Å². The second kappa shape index (κ2) is 4.61. The first-order chi connectivity index (χ1) is 6.78. The van der Waals surface area contributed by atoms with Crippen molar-refractivity contribution in [2.24, 2.45) is 5.92 Å². The van der Waals surface area contributed by atoms with E-state index in [-0.39, 0.29) is 24.5 Å². The van der Waals surface area contributed by atoms with Crippen molar-refractivity contribution in [1.29, 1.82) is 0 Å². The van der Waals surface area contributed by atoms with Crippen molar-refractivity contribution < 1.29 is 24.3 Å². The predicted molar refractivity (Wildman–Crippen MR) is 53.7 cm³/mol. The van der Waals surface area contributed by atoms with Crippen LogP contribution < -0.4 is 5.32 Å². The van der Waals surface area contributed by atoms with Crippen LogP contribution in [0.3, 0.4) is 0 Å². The number of aliphatic carboxylic acids is 1. The summed E-state index contributed by atoms with van der Waals surface area (Å²) in [6, 6.07) is -0.707. The molecule has 7 heteroatoms. The summed E-state index contributed by atoms with van der Waals surface area (Å²) in [5, 5.41) is 11.7. The van der Waals surface area contributed by atoms with Gasteiger partial charge in [-0.1, -0.05) is 0 Å². The molecule has 0 aliphatic carbocycles. The van der Waals surface area contributed by atoms with Crippen LogP contribution in [0.25, 0.3) is 0 Å². The first kappa shape index (κ1) is 12.6. The van der Waals surface area contributed by atoms with Gasteiger partial charge in [0.1, 0.15) is 6.04 Å². The van der Waals surface area contributed by atoms with Gasteiger partial charge in [0, 0.05) is 6.04 Å². The molecule has 1 fully saturated rings. The minimum absolute atomic E-state index is 0.0172. The van der Waals surface area contributed by atoms with Crippen molar-refractivity contribution in [2.45, 2.75) is 31.8 Å². The van der Waals surface area contributed by atoms with Crippen LogP contribution in [0.2, 0.25) is 0 Å². The van der Waals surface area contributed by atoms with Crippen LogP contribution >= 0.6 is 7.60 Å². The zero-order chi connectivity index (χ0) is 11.6. The van der Waals surface area contributed by atoms with Crippen molar-refractivity contribution in [3.63, 3.8) is 0 Å². The maximum atomic E-state index is 10.8. The van der Waals surface area contributed by atoms with Crippen LogP contribution in [0.15, 0.2) is 0 Å². The van der Waals surface area contributed by atoms with E-state index in [1.807, 2.05) is 6.92 Å². The quantitative estimate of drug-likeness (QED) is 0.515. The highest BCUT2D eigenvalue weighted by Gasteiger charge is 2.33. The molecule has 88 valence electrons. The zero-order valence-corrected chi connectivity index (χ0v) is 9.35. The predicted octanol–water partition coefficient (Wildman–Crippen LogP) is 0.00540. The highest BCUT2D eigenvalue weighted by atomic mass is 31.2. The molecule has 4 N–H and O–H groups in total. The van der Waals surface area contributed by atoms with Gasteiger partial charge < -0.3 is 20.2 Å². The Morgan fingerprint density at radius 2 is 2.07 bits per heavy atom. The summed E-state index contributed by atoms with van der Waals surface area (Å²) in [5.41, 5.74) is 0. The van der Waals surface area contributed by atoms with Gasteiger partial charge in [-0.15, -0.1) is 0 Å². The Morgan fingerprint density at radius 1 is 1.47 bits per heavy atom. The van der Waals surface area contributed by atoms with E-state index < -0.39 is 19.6 Å². The van der Waals surface area contributed by atoms with Gasteiger partial charge in [-0.05, 0) is 25.7 Å². The second-order valence-electron chi connectivity index (χ2n) is 4.14. The van der Waals surface area contributed by atoms with Crippen LogP contribution in [0.4, 0.5) is 0 Å². The number of carbonyl (C=O) groups is 1. The van der Waals surface area contributed by atoms with Gasteiger partial charge >= 0.3 is 13.6 Å². The lowest BCUT2D eigenvalue weighted by molar-refractivity contribution is -0.140. The highest BCUT2D eigenvalue weighted by Crippen LogP contribution is 2.40. The molecule has 1 aliphatic rings. The van der Waals surface area contributed by atoms with Crippen LogP contribution in [0, 0.1) is 5.92 Å². The van der Waals surface area contributed by atoms with Crippen molar-refractivity contribution >= 4 is 13.6 Å². The first-order valence-corrected chi connectivity index (χ1v) is 6.61. The maximum absolute atomic E-state index is 10.8. The Balaban J connectivity index is 2.59. The lowest BCUT2D eigenvalue weighted by Crippen LogP contribution is -2.48. The van der Waals surface area contributed by atoms with E-state index in [4.69, 9.17) is 14.9 Å². The molecule has 0 saturated carbocycles. The number of carboxylic acids is 1. The summed E-state index contributed by atoms with van der Waals surface area (Å²) in [7, 11) is -4.04. The highest BCUT2D eigenvalue weighted by molar-refractivity contribution is 7.51. The van der Waals surface area contributed by atoms with Crippen LogP contribution in [0.1, 0.15) is 19.8 Å². The summed E-state index contributed by atoms with van der Waals surface area (Å²) in [4.78, 5) is 28.4. The van der Waals surface area contributed by atoms with Gasteiger partial charge in [-0.2, -0.15) is 0 Å². The molecule has 0 aromatic carbocycles. The third kappa shape index (κ3) is 4.30. The zero-order valence-electron chi connectivity index (χ0n) is 8.46. The minimum atomic E-state index is -4.04. The molecule has 1 aliphatic heterocycles. The fourth-order valence-corrected chi connectivity index (χ4v) is 3.04. The molecular formula is C8H16NO5P. The van der Waals surface area contributed by atoms with Crippen molar-refractivity contribution in [1.82, 2.24) is 5.32 Å². The maximum Gasteiger partial charge on any atom is 0.325 e. The molecule has 0 aromatic rings. The summed E-state index contributed by atoms with van der Waals surface area (Å²) >= 11 is 0. The molecule has 6 nitrogen and oxygen atoms in total. The molecule has 1 heterocycles. The number of hydrogen-bond acceptors (Lipinski definition) is 3. The molecule has 15 heavy (non-hydrogen) atoms. The van der Waals surface area contributed by atoms with Crippen molar-refractivity contribution in [3.8, 4) is 0 Å². The normalized spacial score (nSPS) is 32.6. The number of piperidine rings is 1. The number of hydrogen-bond donors (Lipinski definition) is 4. The molecule has 1 rings (SSSR count). The summed E-state index contributed by atoms with van der Waals surface area (Å²) < 4.78 is 10.8. The average molecular weight is 237 g/mol. The third-order valence-corrected chi connectivity index (χ3v) is 3.53. The Hall–Kier alpha value is -0.420. The fraction of sp³-hybridized carbons (Fsp3) is 0.875. The number of nitrogens with one attached hydrogen (secondary N) is 1. The van der Waals surface area contributed by atoms with Crippen molar-refractivity contribution in [2.75, 3.05) is 6.16 Å². The Labute approximate surface area is 87.8 Å². The first-order valence-electron chi connectivity index (χ1n) is 4.81. The number of rotatable bonds is 3. The van der Waals surface area contributed by atoms with Gasteiger partial charge in [0.2, 0.25) is 0 Å². The SMILES string of the molecule is C[C@@H]1C[C@H](CP(=O)(O)O)C[C@H](C(=O)O)N1. The van der Waals surface area contributed by atoms with E-state index in [9.17, 15) is 9.36 Å². The molecule has 0 spiro atoms. The second-order valence-corrected chi connectivity index (χ2v) is 5.84. The van der Waals surface area contributed by atoms with E-state index in [2.05, 4.69) is 5.32 Å². The average Bonchev–Trinajstić information content (AvgIpc) is 1.99. The van der Waals surface area contributed by atoms with Crippen LogP contribution in [0.5, 0.6) is 0 Å². The molecular weight excluding hydrogens is 221 g/mol. The van der Waals surface area contributed by atoms with Gasteiger partial charge in [0.25, 0.3) is 0 Å². The van der Waals surface area contributed by atoms with E-state index in [1.54, 1.807) is 0 Å². The molecule has 1 saturated heterocycles. The third-order valence-electron chi connectivity index (χ3n) is 2.54. The van der Waals surface area contributed by atoms with E-state index in [0.717, 1.165) is 0 Å². The van der Waals surface area contributed by atoms with Gasteiger partial charge in [-0.25, -0.2) is 0 Å². The van der Waals surface area contributed by atoms with E-state index in [0.29, 0.717) is 6.42 Å². The lowest BCUT2D eigenvalue weighted by atomic mass is 9.90. The van der Waals surface area contributed by atoms with Gasteiger partial charge in [0.05, 0.1) is 6.16 Å². The molecule has 0 radical (unpaired) electrons. The molecule has 0 bridgehead atoms. The fourth-order valence-electron chi connectivity index (χ4n) is 2.07. The van der Waals surface area contributed by atoms with Crippen molar-refractivity contribution in [3.05, 3.63) is 0 Å². The monoisotopic (exact) mass is 237 g/mol. The largest absolute Gasteiger partial charge is 0.480 e. The lowest BCUT2D eigenvalue weighted by Gasteiger charge is -2.32. The molecule has 0 amide bonds. The van der Waals surface area contributed by atoms with Crippen LogP contribution in [-0.2, 0) is 9.36 Å². The topological polar surface area (TPSA) is 107 Å². The Kier molecular flexibility index (Phi) is 3.89. The summed E-state index contributed by atoms with van der Waals surface area (Å²) in [5.74, 6) is -1.18. The number of carboxylic acid groups (broad SMARTS) is 1. The minimum Gasteiger partial charge on any atom is -0.480 e. The van der Waals surface area contributed by atoms with Gasteiger partial charge in [-0.3, -0.25) is 9.36 Å². The molecule has 0 unspecified atom stereocenters. The molecule has 3 atom stereocenters. The summed E-state index contributed by atoms with van der Waals surface area (Å²) in [6.45, 7) is 1.82. The Morgan fingerprint density at radius 3 is 2.53 bits per heavy atom. The standard InChI is InChI=1S/C8H16NO5P/c1-5-2-6(4-15(12,13)14)3-7(9-5)8(10)11/h5-7,9H,2-4H2,1H3,(H,10,11)(H2,12,13,14)/t5-,6+,7-/m1/s1. The summed E-state index contributed by atoms with van der Waals surface area (Å²) in [6.07, 6.45) is 0.669. The smallest absolute Gasteiger partial charge is 0.325 e. The van der Waals surface area contributed by atoms with Gasteiger partial charge in [0.15, 0.2) is 0 Å². The molecule has 0 aromatic heterocycles. The van der Waals surface area contributed by atoms with Crippen LogP contribution in [-0.4, -0.2) is 39.1 Å². The van der Waals surface area contributed by atoms with E-state index >= 15 is 0 Å².